The summed E-state index contributed by atoms with van der Waals surface area (Å²) in [5.74, 6) is 3.07. The number of nitrogens with one attached hydrogen (secondary N) is 2. The maximum absolute atomic E-state index is 12.2. The van der Waals surface area contributed by atoms with Crippen LogP contribution < -0.4 is 20.1 Å². The van der Waals surface area contributed by atoms with E-state index in [0.29, 0.717) is 17.8 Å². The second-order valence-corrected chi connectivity index (χ2v) is 9.00. The molecule has 8 heteroatoms. The summed E-state index contributed by atoms with van der Waals surface area (Å²) in [5.41, 5.74) is 1.16. The predicted molar refractivity (Wildman–Crippen MR) is 133 cm³/mol. The Morgan fingerprint density at radius 3 is 2.62 bits per heavy atom. The summed E-state index contributed by atoms with van der Waals surface area (Å²) >= 11 is 0. The second kappa shape index (κ2) is 14.1. The topological polar surface area (TPSA) is 72.0 Å². The van der Waals surface area contributed by atoms with Gasteiger partial charge in [-0.1, -0.05) is 19.4 Å². The Hall–Kier alpha value is -1.03. The molecule has 1 aromatic rings. The highest BCUT2D eigenvalue weighted by Crippen LogP contribution is 2.27. The van der Waals surface area contributed by atoms with Gasteiger partial charge in [0.2, 0.25) is 0 Å². The molecule has 1 aliphatic carbocycles. The van der Waals surface area contributed by atoms with Gasteiger partial charge in [-0.15, -0.1) is 24.0 Å². The third kappa shape index (κ3) is 8.32. The van der Waals surface area contributed by atoms with E-state index in [1.54, 1.807) is 14.2 Å². The van der Waals surface area contributed by atoms with Gasteiger partial charge in [0.15, 0.2) is 17.5 Å². The van der Waals surface area contributed by atoms with Crippen LogP contribution in [0.1, 0.15) is 45.1 Å². The third-order valence-electron chi connectivity index (χ3n) is 5.09. The maximum atomic E-state index is 12.2. The molecule has 166 valence electrons. The molecule has 0 amide bonds. The minimum atomic E-state index is -0.711. The van der Waals surface area contributed by atoms with Crippen LogP contribution in [0.15, 0.2) is 23.2 Å². The van der Waals surface area contributed by atoms with Crippen LogP contribution in [-0.4, -0.2) is 54.5 Å². The Morgan fingerprint density at radius 2 is 1.97 bits per heavy atom. The van der Waals surface area contributed by atoms with Crippen LogP contribution >= 0.6 is 24.0 Å². The molecule has 29 heavy (non-hydrogen) atoms. The molecule has 1 fully saturated rings. The van der Waals surface area contributed by atoms with E-state index in [4.69, 9.17) is 14.5 Å². The lowest BCUT2D eigenvalue weighted by atomic mass is 9.95. The fourth-order valence-electron chi connectivity index (χ4n) is 3.60. The number of rotatable bonds is 9. The highest BCUT2D eigenvalue weighted by molar-refractivity contribution is 14.0. The predicted octanol–water partition coefficient (Wildman–Crippen LogP) is 3.50. The number of benzene rings is 1. The first-order valence-electron chi connectivity index (χ1n) is 10.2. The van der Waals surface area contributed by atoms with Crippen molar-refractivity contribution in [1.82, 2.24) is 10.6 Å². The number of hydrogen-bond acceptors (Lipinski definition) is 4. The lowest BCUT2D eigenvalue weighted by Gasteiger charge is -2.30. The van der Waals surface area contributed by atoms with Crippen LogP contribution in [0.2, 0.25) is 0 Å². The fourth-order valence-corrected chi connectivity index (χ4v) is 4.94. The van der Waals surface area contributed by atoms with Gasteiger partial charge in [0.1, 0.15) is 0 Å². The van der Waals surface area contributed by atoms with Gasteiger partial charge in [-0.2, -0.15) is 0 Å². The summed E-state index contributed by atoms with van der Waals surface area (Å²) in [7, 11) is 2.58. The molecule has 1 aromatic carbocycles. The van der Waals surface area contributed by atoms with E-state index in [0.717, 1.165) is 67.4 Å². The number of guanidine groups is 1. The molecule has 1 aliphatic rings. The first-order valence-corrected chi connectivity index (χ1v) is 11.6. The van der Waals surface area contributed by atoms with Crippen molar-refractivity contribution >= 4 is 40.7 Å². The smallest absolute Gasteiger partial charge is 0.191 e. The zero-order valence-corrected chi connectivity index (χ0v) is 21.2. The van der Waals surface area contributed by atoms with Crippen molar-refractivity contribution in [3.63, 3.8) is 0 Å². The average Bonchev–Trinajstić information content (AvgIpc) is 2.73. The quantitative estimate of drug-likeness (QED) is 0.287. The van der Waals surface area contributed by atoms with Gasteiger partial charge in [-0.05, 0) is 50.3 Å². The van der Waals surface area contributed by atoms with Crippen molar-refractivity contribution in [3.05, 3.63) is 23.8 Å². The van der Waals surface area contributed by atoms with Gasteiger partial charge in [-0.25, -0.2) is 0 Å². The fraction of sp³-hybridized carbons (Fsp3) is 0.667. The molecule has 0 radical (unpaired) electrons. The highest BCUT2D eigenvalue weighted by atomic mass is 127. The molecule has 2 rings (SSSR count). The van der Waals surface area contributed by atoms with Crippen LogP contribution in [0.5, 0.6) is 11.5 Å². The molecule has 3 atom stereocenters. The normalized spacial score (nSPS) is 20.3. The number of halogens is 1. The molecular weight excluding hydrogens is 501 g/mol. The number of ether oxygens (including phenoxy) is 2. The molecule has 6 nitrogen and oxygen atoms in total. The Kier molecular flexibility index (Phi) is 12.6. The molecule has 1 saturated carbocycles. The van der Waals surface area contributed by atoms with Crippen molar-refractivity contribution in [2.45, 2.75) is 57.2 Å². The highest BCUT2D eigenvalue weighted by Gasteiger charge is 2.26. The van der Waals surface area contributed by atoms with Crippen LogP contribution in [0, 0.1) is 0 Å². The van der Waals surface area contributed by atoms with Crippen molar-refractivity contribution in [1.29, 1.82) is 0 Å². The van der Waals surface area contributed by atoms with Gasteiger partial charge >= 0.3 is 0 Å². The summed E-state index contributed by atoms with van der Waals surface area (Å²) in [6, 6.07) is 6.31. The van der Waals surface area contributed by atoms with E-state index in [-0.39, 0.29) is 24.0 Å². The molecule has 0 spiro atoms. The lowest BCUT2D eigenvalue weighted by Crippen LogP contribution is -2.46. The standard InChI is InChI=1S/C21H35N3O3S.HI/c1-5-22-21(24-17-8-7-9-18(15-17)28(25)6-2)23-13-12-16-10-11-19(26-3)20(14-16)27-4;/h10-11,14,17-18H,5-9,12-13,15H2,1-4H3,(H2,22,23,24);1H. The van der Waals surface area contributed by atoms with E-state index in [2.05, 4.69) is 17.6 Å². The zero-order chi connectivity index (χ0) is 20.4. The van der Waals surface area contributed by atoms with Crippen LogP contribution in [-0.2, 0) is 17.2 Å². The van der Waals surface area contributed by atoms with Crippen LogP contribution in [0.3, 0.4) is 0 Å². The lowest BCUT2D eigenvalue weighted by molar-refractivity contribution is 0.354. The molecule has 3 unspecified atom stereocenters. The maximum Gasteiger partial charge on any atom is 0.191 e. The van der Waals surface area contributed by atoms with Crippen molar-refractivity contribution in [2.75, 3.05) is 33.1 Å². The van der Waals surface area contributed by atoms with Gasteiger partial charge in [-0.3, -0.25) is 9.20 Å². The van der Waals surface area contributed by atoms with Gasteiger partial charge in [0, 0.05) is 40.9 Å². The Labute approximate surface area is 195 Å². The summed E-state index contributed by atoms with van der Waals surface area (Å²) in [4.78, 5) is 4.74. The number of hydrogen-bond donors (Lipinski definition) is 2. The summed E-state index contributed by atoms with van der Waals surface area (Å²) in [6.07, 6.45) is 5.09. The first kappa shape index (κ1) is 26.0. The summed E-state index contributed by atoms with van der Waals surface area (Å²) < 4.78 is 22.8. The van der Waals surface area contributed by atoms with Crippen LogP contribution in [0.4, 0.5) is 0 Å². The monoisotopic (exact) mass is 537 g/mol. The Bertz CT molecular complexity index is 673. The van der Waals surface area contributed by atoms with Crippen LogP contribution in [0.25, 0.3) is 0 Å². The molecule has 0 bridgehead atoms. The molecule has 2 N–H and O–H groups in total. The van der Waals surface area contributed by atoms with E-state index < -0.39 is 10.8 Å². The number of aliphatic imine (C=N–C) groups is 1. The molecule has 0 heterocycles. The Balaban J connectivity index is 0.00000420. The zero-order valence-electron chi connectivity index (χ0n) is 18.0. The molecule has 0 saturated heterocycles. The van der Waals surface area contributed by atoms with Gasteiger partial charge < -0.3 is 20.1 Å². The SMILES string of the molecule is CCNC(=NCCc1ccc(OC)c(OC)c1)NC1CCCC(S(=O)CC)C1.I. The van der Waals surface area contributed by atoms with Crippen molar-refractivity contribution < 1.29 is 13.7 Å². The molecule has 0 aromatic heterocycles. The molecular formula is C21H36IN3O3S. The second-order valence-electron chi connectivity index (χ2n) is 7.00. The average molecular weight is 538 g/mol. The van der Waals surface area contributed by atoms with Gasteiger partial charge in [0.05, 0.1) is 14.2 Å². The minimum Gasteiger partial charge on any atom is -0.493 e. The number of methoxy groups -OCH3 is 2. The van der Waals surface area contributed by atoms with E-state index in [9.17, 15) is 4.21 Å². The summed E-state index contributed by atoms with van der Waals surface area (Å²) in [6.45, 7) is 5.58. The van der Waals surface area contributed by atoms with Crippen molar-refractivity contribution in [2.24, 2.45) is 4.99 Å². The summed E-state index contributed by atoms with van der Waals surface area (Å²) in [5, 5.41) is 7.20. The molecule has 0 aliphatic heterocycles. The third-order valence-corrected chi connectivity index (χ3v) is 6.83. The van der Waals surface area contributed by atoms with Crippen molar-refractivity contribution in [3.8, 4) is 11.5 Å². The largest absolute Gasteiger partial charge is 0.493 e. The van der Waals surface area contributed by atoms with E-state index in [1.165, 1.54) is 0 Å². The van der Waals surface area contributed by atoms with Gasteiger partial charge in [0.25, 0.3) is 0 Å². The van der Waals surface area contributed by atoms with E-state index in [1.807, 2.05) is 25.1 Å². The first-order chi connectivity index (χ1) is 13.6. The van der Waals surface area contributed by atoms with E-state index >= 15 is 0 Å². The Morgan fingerprint density at radius 1 is 1.21 bits per heavy atom. The number of nitrogens with zero attached hydrogens (tertiary/aromatic N) is 1. The minimum absolute atomic E-state index is 0.